The highest BCUT2D eigenvalue weighted by Crippen LogP contribution is 2.71. The number of fused-ring (bicyclic) bond motifs is 1. The number of methoxy groups -OCH3 is 2. The fourth-order valence-corrected chi connectivity index (χ4v) is 6.18. The second-order valence-corrected chi connectivity index (χ2v) is 10.6. The van der Waals surface area contributed by atoms with E-state index in [9.17, 15) is 14.7 Å². The number of ether oxygens (including phenoxy) is 3. The summed E-state index contributed by atoms with van der Waals surface area (Å²) in [7, 11) is 3.15. The Hall–Kier alpha value is -3.85. The number of carbonyl (C=O) groups is 2. The van der Waals surface area contributed by atoms with Gasteiger partial charge in [0.15, 0.2) is 11.5 Å². The van der Waals surface area contributed by atoms with E-state index in [0.717, 1.165) is 24.6 Å². The van der Waals surface area contributed by atoms with Gasteiger partial charge in [-0.05, 0) is 68.5 Å². The summed E-state index contributed by atoms with van der Waals surface area (Å²) in [6.07, 6.45) is 4.79. The Morgan fingerprint density at radius 3 is 2.22 bits per heavy atom. The molecule has 1 aromatic heterocycles. The van der Waals surface area contributed by atoms with E-state index in [1.54, 1.807) is 49.6 Å². The standard InChI is InChI=1S/C28H29N3O6/c1-35-22-11-19-20(12-23(22)36-2)30-10-7-21(19)37-18-5-3-17(4-6-18)31(25(34)28(8-9-28)24(29)33)27-13-26(14-27,15-27)16-32/h3-7,10-12,32H,8-9,13-16H2,1-2H3,(H2,29,33). The molecule has 9 nitrogen and oxygen atoms in total. The van der Waals surface area contributed by atoms with E-state index in [1.807, 2.05) is 18.2 Å². The lowest BCUT2D eigenvalue weighted by atomic mass is 9.39. The van der Waals surface area contributed by atoms with Gasteiger partial charge >= 0.3 is 0 Å². The maximum absolute atomic E-state index is 13.7. The first-order chi connectivity index (χ1) is 17.8. The Balaban J connectivity index is 1.30. The largest absolute Gasteiger partial charge is 0.493 e. The molecule has 2 bridgehead atoms. The Labute approximate surface area is 214 Å². The predicted octanol–water partition coefficient (Wildman–Crippen LogP) is 3.56. The maximum Gasteiger partial charge on any atom is 0.243 e. The minimum absolute atomic E-state index is 0.100. The molecule has 4 saturated carbocycles. The van der Waals surface area contributed by atoms with Crippen molar-refractivity contribution in [1.29, 1.82) is 0 Å². The van der Waals surface area contributed by atoms with Crippen LogP contribution in [0.2, 0.25) is 0 Å². The van der Waals surface area contributed by atoms with E-state index in [1.165, 1.54) is 0 Å². The topological polar surface area (TPSA) is 124 Å². The van der Waals surface area contributed by atoms with Crippen LogP contribution in [-0.2, 0) is 9.59 Å². The number of aliphatic hydroxyl groups is 1. The molecule has 7 rings (SSSR count). The maximum atomic E-state index is 13.7. The van der Waals surface area contributed by atoms with Crippen molar-refractivity contribution < 1.29 is 28.9 Å². The molecule has 4 aliphatic rings. The Kier molecular flexibility index (Phi) is 5.14. The van der Waals surface area contributed by atoms with E-state index in [-0.39, 0.29) is 23.5 Å². The van der Waals surface area contributed by atoms with Crippen LogP contribution >= 0.6 is 0 Å². The quantitative estimate of drug-likeness (QED) is 0.428. The van der Waals surface area contributed by atoms with Gasteiger partial charge in [0.25, 0.3) is 0 Å². The zero-order valence-electron chi connectivity index (χ0n) is 20.8. The highest BCUT2D eigenvalue weighted by Gasteiger charge is 2.73. The van der Waals surface area contributed by atoms with Crippen LogP contribution in [0.1, 0.15) is 32.1 Å². The summed E-state index contributed by atoms with van der Waals surface area (Å²) in [5.41, 5.74) is 5.45. The van der Waals surface area contributed by atoms with Crippen molar-refractivity contribution in [2.24, 2.45) is 16.6 Å². The number of anilines is 1. The van der Waals surface area contributed by atoms with Crippen LogP contribution in [0.25, 0.3) is 10.9 Å². The van der Waals surface area contributed by atoms with Crippen molar-refractivity contribution >= 4 is 28.4 Å². The van der Waals surface area contributed by atoms with Gasteiger partial charge < -0.3 is 30.0 Å². The number of benzene rings is 2. The first-order valence-corrected chi connectivity index (χ1v) is 12.3. The fourth-order valence-electron chi connectivity index (χ4n) is 6.18. The van der Waals surface area contributed by atoms with E-state index in [2.05, 4.69) is 4.98 Å². The lowest BCUT2D eigenvalue weighted by Crippen LogP contribution is -2.77. The highest BCUT2D eigenvalue weighted by molar-refractivity contribution is 6.14. The average Bonchev–Trinajstić information content (AvgIpc) is 3.67. The summed E-state index contributed by atoms with van der Waals surface area (Å²) < 4.78 is 17.0. The number of aromatic nitrogens is 1. The molecule has 3 aromatic rings. The van der Waals surface area contributed by atoms with Crippen molar-refractivity contribution in [3.8, 4) is 23.0 Å². The third kappa shape index (κ3) is 3.44. The summed E-state index contributed by atoms with van der Waals surface area (Å²) >= 11 is 0. The molecule has 0 atom stereocenters. The Morgan fingerprint density at radius 1 is 1.00 bits per heavy atom. The van der Waals surface area contributed by atoms with Gasteiger partial charge in [0.1, 0.15) is 16.9 Å². The Morgan fingerprint density at radius 2 is 1.65 bits per heavy atom. The normalized spacial score (nSPS) is 24.4. The number of primary amides is 1. The molecule has 9 heteroatoms. The van der Waals surface area contributed by atoms with Crippen molar-refractivity contribution in [1.82, 2.24) is 4.98 Å². The third-order valence-corrected chi connectivity index (χ3v) is 8.29. The molecule has 2 aromatic carbocycles. The molecular formula is C28H29N3O6. The second kappa shape index (κ2) is 8.08. The monoisotopic (exact) mass is 503 g/mol. The third-order valence-electron chi connectivity index (χ3n) is 8.29. The van der Waals surface area contributed by atoms with E-state index in [0.29, 0.717) is 47.0 Å². The van der Waals surface area contributed by atoms with Crippen molar-refractivity contribution in [2.45, 2.75) is 37.6 Å². The summed E-state index contributed by atoms with van der Waals surface area (Å²) in [6.45, 7) is 0.112. The van der Waals surface area contributed by atoms with Crippen molar-refractivity contribution in [3.63, 3.8) is 0 Å². The number of aliphatic hydroxyl groups excluding tert-OH is 1. The molecule has 2 amide bonds. The first-order valence-electron chi connectivity index (χ1n) is 12.3. The van der Waals surface area contributed by atoms with Crippen molar-refractivity contribution in [2.75, 3.05) is 25.7 Å². The molecule has 37 heavy (non-hydrogen) atoms. The van der Waals surface area contributed by atoms with Gasteiger partial charge in [-0.2, -0.15) is 0 Å². The van der Waals surface area contributed by atoms with E-state index in [4.69, 9.17) is 19.9 Å². The second-order valence-electron chi connectivity index (χ2n) is 10.6. The fraction of sp³-hybridized carbons (Fsp3) is 0.393. The number of pyridine rings is 1. The summed E-state index contributed by atoms with van der Waals surface area (Å²) in [5, 5.41) is 10.5. The molecule has 0 saturated heterocycles. The van der Waals surface area contributed by atoms with Crippen LogP contribution in [0.4, 0.5) is 5.69 Å². The number of amides is 2. The van der Waals surface area contributed by atoms with Crippen LogP contribution in [0, 0.1) is 10.8 Å². The minimum atomic E-state index is -1.12. The first kappa shape index (κ1) is 23.5. The molecule has 4 fully saturated rings. The SMILES string of the molecule is COc1cc2nccc(Oc3ccc(N(C(=O)C4(C(N)=O)CC4)C45CC(CO)(C4)C5)cc3)c2cc1OC. The van der Waals surface area contributed by atoms with Gasteiger partial charge in [0.2, 0.25) is 11.8 Å². The minimum Gasteiger partial charge on any atom is -0.493 e. The summed E-state index contributed by atoms with van der Waals surface area (Å²) in [5.74, 6) is 1.53. The Bertz CT molecular complexity index is 1400. The molecule has 192 valence electrons. The number of nitrogens with zero attached hydrogens (tertiary/aromatic N) is 2. The zero-order chi connectivity index (χ0) is 26.0. The molecule has 3 N–H and O–H groups in total. The van der Waals surface area contributed by atoms with E-state index < -0.39 is 11.3 Å². The summed E-state index contributed by atoms with van der Waals surface area (Å²) in [4.78, 5) is 32.0. The molecule has 0 spiro atoms. The average molecular weight is 504 g/mol. The molecule has 1 heterocycles. The molecule has 0 unspecified atom stereocenters. The lowest BCUT2D eigenvalue weighted by Gasteiger charge is -2.73. The van der Waals surface area contributed by atoms with Gasteiger partial charge in [0, 0.05) is 40.9 Å². The number of hydrogen-bond acceptors (Lipinski definition) is 7. The molecule has 0 radical (unpaired) electrons. The number of nitrogens with two attached hydrogens (primary N) is 1. The molecule has 4 aliphatic carbocycles. The van der Waals surface area contributed by atoms with Crippen LogP contribution in [-0.4, -0.2) is 48.3 Å². The van der Waals surface area contributed by atoms with Gasteiger partial charge in [0.05, 0.1) is 19.7 Å². The molecule has 0 aliphatic heterocycles. The van der Waals surface area contributed by atoms with E-state index >= 15 is 0 Å². The van der Waals surface area contributed by atoms with Crippen LogP contribution < -0.4 is 24.8 Å². The number of hydrogen-bond donors (Lipinski definition) is 2. The zero-order valence-corrected chi connectivity index (χ0v) is 20.8. The van der Waals surface area contributed by atoms with Gasteiger partial charge in [-0.3, -0.25) is 14.6 Å². The number of rotatable bonds is 9. The predicted molar refractivity (Wildman–Crippen MR) is 136 cm³/mol. The van der Waals surface area contributed by atoms with Gasteiger partial charge in [-0.15, -0.1) is 0 Å². The highest BCUT2D eigenvalue weighted by atomic mass is 16.5. The smallest absolute Gasteiger partial charge is 0.243 e. The van der Waals surface area contributed by atoms with Gasteiger partial charge in [-0.25, -0.2) is 0 Å². The van der Waals surface area contributed by atoms with Crippen molar-refractivity contribution in [3.05, 3.63) is 48.7 Å². The molecular weight excluding hydrogens is 474 g/mol. The van der Waals surface area contributed by atoms with Gasteiger partial charge in [-0.1, -0.05) is 0 Å². The van der Waals surface area contributed by atoms with Crippen LogP contribution in [0.15, 0.2) is 48.7 Å². The lowest BCUT2D eigenvalue weighted by molar-refractivity contribution is -0.170. The van der Waals surface area contributed by atoms with Crippen LogP contribution in [0.5, 0.6) is 23.0 Å². The van der Waals surface area contributed by atoms with Crippen LogP contribution in [0.3, 0.4) is 0 Å². The number of carbonyl (C=O) groups excluding carboxylic acids is 2. The summed E-state index contributed by atoms with van der Waals surface area (Å²) in [6, 6.07) is 12.7.